The molecule has 0 fully saturated rings. The number of aromatic hydroxyl groups is 1. The molecule has 0 aliphatic heterocycles. The molecule has 0 atom stereocenters. The summed E-state index contributed by atoms with van der Waals surface area (Å²) in [6.07, 6.45) is 4.80. The number of aromatic amines is 1. The lowest BCUT2D eigenvalue weighted by atomic mass is 9.70. The van der Waals surface area contributed by atoms with Crippen LogP contribution in [-0.4, -0.2) is 24.8 Å². The van der Waals surface area contributed by atoms with E-state index < -0.39 is 10.0 Å². The number of hydrogen-bond acceptors (Lipinski definition) is 3. The van der Waals surface area contributed by atoms with Gasteiger partial charge in [-0.05, 0) is 42.2 Å². The first kappa shape index (κ1) is 18.3. The van der Waals surface area contributed by atoms with Gasteiger partial charge < -0.3 is 10.1 Å². The Morgan fingerprint density at radius 3 is 2.42 bits per heavy atom. The predicted octanol–water partition coefficient (Wildman–Crippen LogP) is 4.35. The Labute approximate surface area is 154 Å². The molecule has 2 aromatic carbocycles. The van der Waals surface area contributed by atoms with Gasteiger partial charge in [-0.15, -0.1) is 0 Å². The summed E-state index contributed by atoms with van der Waals surface area (Å²) >= 11 is 0. The van der Waals surface area contributed by atoms with Crippen LogP contribution in [0, 0.1) is 0 Å². The largest absolute Gasteiger partial charge is 0.508 e. The molecule has 0 amide bonds. The quantitative estimate of drug-likeness (QED) is 0.601. The maximum Gasteiger partial charge on any atom is 0.229 e. The minimum Gasteiger partial charge on any atom is -0.508 e. The summed E-state index contributed by atoms with van der Waals surface area (Å²) in [5, 5.41) is 10.9. The van der Waals surface area contributed by atoms with Gasteiger partial charge in [0, 0.05) is 17.0 Å². The summed E-state index contributed by atoms with van der Waals surface area (Å²) < 4.78 is 25.9. The molecule has 5 nitrogen and oxygen atoms in total. The van der Waals surface area contributed by atoms with Crippen LogP contribution in [0.3, 0.4) is 0 Å². The van der Waals surface area contributed by atoms with Crippen LogP contribution in [0.2, 0.25) is 0 Å². The second kappa shape index (κ2) is 6.68. The highest BCUT2D eigenvalue weighted by Crippen LogP contribution is 2.43. The number of phenolic OH excluding ortho intramolecular Hbond substituents is 1. The van der Waals surface area contributed by atoms with Crippen LogP contribution in [0.1, 0.15) is 37.8 Å². The fraction of sp³-hybridized carbons (Fsp3) is 0.300. The Kier molecular flexibility index (Phi) is 4.71. The molecule has 0 unspecified atom stereocenters. The molecule has 0 saturated carbocycles. The van der Waals surface area contributed by atoms with Gasteiger partial charge in [-0.1, -0.05) is 38.1 Å². The van der Waals surface area contributed by atoms with Gasteiger partial charge in [0.25, 0.3) is 0 Å². The number of aromatic nitrogens is 1. The van der Waals surface area contributed by atoms with Crippen molar-refractivity contribution < 1.29 is 13.5 Å². The van der Waals surface area contributed by atoms with E-state index >= 15 is 0 Å². The van der Waals surface area contributed by atoms with Crippen LogP contribution < -0.4 is 4.72 Å². The van der Waals surface area contributed by atoms with Crippen LogP contribution in [-0.2, 0) is 15.4 Å². The van der Waals surface area contributed by atoms with Gasteiger partial charge in [0.1, 0.15) is 5.75 Å². The summed E-state index contributed by atoms with van der Waals surface area (Å²) in [7, 11) is -3.37. The first-order valence-corrected chi connectivity index (χ1v) is 10.6. The summed E-state index contributed by atoms with van der Waals surface area (Å²) in [4.78, 5) is 3.25. The highest BCUT2D eigenvalue weighted by atomic mass is 32.2. The summed E-state index contributed by atoms with van der Waals surface area (Å²) in [5.41, 5.74) is 3.17. The molecule has 0 bridgehead atoms. The third-order valence-electron chi connectivity index (χ3n) is 5.13. The number of fused-ring (bicyclic) bond motifs is 1. The van der Waals surface area contributed by atoms with Crippen molar-refractivity contribution in [3.63, 3.8) is 0 Å². The van der Waals surface area contributed by atoms with Crippen LogP contribution >= 0.6 is 0 Å². The van der Waals surface area contributed by atoms with Gasteiger partial charge >= 0.3 is 0 Å². The number of hydrogen-bond donors (Lipinski definition) is 3. The third kappa shape index (κ3) is 3.17. The minimum atomic E-state index is -3.37. The number of H-pyrrole nitrogens is 1. The fourth-order valence-electron chi connectivity index (χ4n) is 3.83. The van der Waals surface area contributed by atoms with Crippen molar-refractivity contribution in [2.75, 3.05) is 11.0 Å². The average Bonchev–Trinajstić information content (AvgIpc) is 3.01. The van der Waals surface area contributed by atoms with E-state index in [-0.39, 0.29) is 11.2 Å². The van der Waals surface area contributed by atoms with Crippen molar-refractivity contribution in [3.8, 4) is 5.75 Å². The first-order chi connectivity index (χ1) is 12.3. The Bertz CT molecular complexity index is 1030. The molecule has 0 spiro atoms. The standard InChI is InChI=1S/C20H24N2O3S/c1-4-20(5-2,14-8-6-9-15(23)12-14)17-13-21-19-16(17)10-7-11-18(19)22-26(3,24)25/h6-13,21-23H,4-5H2,1-3H3. The average molecular weight is 372 g/mol. The molecule has 0 aliphatic rings. The highest BCUT2D eigenvalue weighted by Gasteiger charge is 2.33. The number of benzene rings is 2. The number of nitrogens with one attached hydrogen (secondary N) is 2. The van der Waals surface area contributed by atoms with Crippen LogP contribution in [0.4, 0.5) is 5.69 Å². The Morgan fingerprint density at radius 1 is 1.12 bits per heavy atom. The summed E-state index contributed by atoms with van der Waals surface area (Å²) in [5.74, 6) is 0.244. The molecule has 1 heterocycles. The van der Waals surface area contributed by atoms with E-state index in [0.29, 0.717) is 5.69 Å². The van der Waals surface area contributed by atoms with Crippen molar-refractivity contribution in [1.29, 1.82) is 0 Å². The zero-order chi connectivity index (χ0) is 18.9. The summed E-state index contributed by atoms with van der Waals surface area (Å²) in [6, 6.07) is 13.0. The Balaban J connectivity index is 2.24. The molecule has 138 valence electrons. The van der Waals surface area contributed by atoms with E-state index in [1.165, 1.54) is 0 Å². The van der Waals surface area contributed by atoms with Crippen molar-refractivity contribution >= 4 is 26.6 Å². The highest BCUT2D eigenvalue weighted by molar-refractivity contribution is 7.92. The lowest BCUT2D eigenvalue weighted by molar-refractivity contribution is 0.458. The maximum atomic E-state index is 11.7. The van der Waals surface area contributed by atoms with Crippen molar-refractivity contribution in [2.45, 2.75) is 32.1 Å². The van der Waals surface area contributed by atoms with Gasteiger partial charge in [0.05, 0.1) is 17.5 Å². The van der Waals surface area contributed by atoms with E-state index in [1.54, 1.807) is 12.1 Å². The van der Waals surface area contributed by atoms with Crippen molar-refractivity contribution in [1.82, 2.24) is 4.98 Å². The zero-order valence-electron chi connectivity index (χ0n) is 15.2. The number of rotatable bonds is 6. The van der Waals surface area contributed by atoms with E-state index in [0.717, 1.165) is 41.1 Å². The monoisotopic (exact) mass is 372 g/mol. The van der Waals surface area contributed by atoms with Crippen LogP contribution in [0.15, 0.2) is 48.7 Å². The minimum absolute atomic E-state index is 0.244. The van der Waals surface area contributed by atoms with Gasteiger partial charge in [-0.2, -0.15) is 0 Å². The first-order valence-electron chi connectivity index (χ1n) is 8.68. The second-order valence-corrected chi connectivity index (χ2v) is 8.39. The molecule has 3 rings (SSSR count). The van der Waals surface area contributed by atoms with E-state index in [9.17, 15) is 13.5 Å². The van der Waals surface area contributed by atoms with Crippen molar-refractivity contribution in [3.05, 3.63) is 59.8 Å². The molecule has 26 heavy (non-hydrogen) atoms. The molecule has 6 heteroatoms. The SMILES string of the molecule is CCC(CC)(c1cccc(O)c1)c1c[nH]c2c(NS(C)(=O)=O)cccc12. The van der Waals surface area contributed by atoms with Crippen LogP contribution in [0.25, 0.3) is 10.9 Å². The lowest BCUT2D eigenvalue weighted by Gasteiger charge is -2.32. The number of para-hydroxylation sites is 1. The molecular formula is C20H24N2O3S. The second-order valence-electron chi connectivity index (χ2n) is 6.64. The number of anilines is 1. The topological polar surface area (TPSA) is 82.2 Å². The number of phenols is 1. The molecule has 3 aromatic rings. The molecule has 1 aromatic heterocycles. The maximum absolute atomic E-state index is 11.7. The van der Waals surface area contributed by atoms with Crippen LogP contribution in [0.5, 0.6) is 5.75 Å². The van der Waals surface area contributed by atoms with Gasteiger partial charge in [-0.3, -0.25) is 4.72 Å². The smallest absolute Gasteiger partial charge is 0.229 e. The number of sulfonamides is 1. The van der Waals surface area contributed by atoms with E-state index in [1.807, 2.05) is 36.5 Å². The molecule has 0 aliphatic carbocycles. The predicted molar refractivity (Wildman–Crippen MR) is 106 cm³/mol. The molecule has 0 saturated heterocycles. The fourth-order valence-corrected chi connectivity index (χ4v) is 4.40. The van der Waals surface area contributed by atoms with Gasteiger partial charge in [0.15, 0.2) is 0 Å². The van der Waals surface area contributed by atoms with Gasteiger partial charge in [0.2, 0.25) is 10.0 Å². The molecule has 0 radical (unpaired) electrons. The Hall–Kier alpha value is -2.47. The lowest BCUT2D eigenvalue weighted by Crippen LogP contribution is -2.25. The van der Waals surface area contributed by atoms with Gasteiger partial charge in [-0.25, -0.2) is 8.42 Å². The van der Waals surface area contributed by atoms with E-state index in [2.05, 4.69) is 23.6 Å². The van der Waals surface area contributed by atoms with E-state index in [4.69, 9.17) is 0 Å². The van der Waals surface area contributed by atoms with Crippen molar-refractivity contribution in [2.24, 2.45) is 0 Å². The molecular weight excluding hydrogens is 348 g/mol. The summed E-state index contributed by atoms with van der Waals surface area (Å²) in [6.45, 7) is 4.26. The Morgan fingerprint density at radius 2 is 1.81 bits per heavy atom. The normalized spacial score (nSPS) is 12.4. The zero-order valence-corrected chi connectivity index (χ0v) is 16.0. The third-order valence-corrected chi connectivity index (χ3v) is 5.72. The molecule has 3 N–H and O–H groups in total.